The number of benzene rings is 2. The van der Waals surface area contributed by atoms with E-state index in [2.05, 4.69) is 17.4 Å². The van der Waals surface area contributed by atoms with Gasteiger partial charge in [0.15, 0.2) is 0 Å². The maximum atomic E-state index is 13.2. The average Bonchev–Trinajstić information content (AvgIpc) is 3.43. The Balaban J connectivity index is 1.41. The summed E-state index contributed by atoms with van der Waals surface area (Å²) in [4.78, 5) is 39.3. The Morgan fingerprint density at radius 3 is 2.20 bits per heavy atom. The van der Waals surface area contributed by atoms with E-state index < -0.39 is 23.5 Å². The molecule has 2 atom stereocenters. The summed E-state index contributed by atoms with van der Waals surface area (Å²) < 4.78 is 10.7. The van der Waals surface area contributed by atoms with Crippen LogP contribution in [0.15, 0.2) is 48.5 Å². The van der Waals surface area contributed by atoms with Crippen molar-refractivity contribution in [3.63, 3.8) is 0 Å². The first kappa shape index (κ1) is 24.7. The number of methoxy groups -OCH3 is 1. The van der Waals surface area contributed by atoms with Crippen molar-refractivity contribution >= 4 is 18.0 Å². The standard InChI is InChI=1S/C27H32N2O6/c1-17(2)27(25(31)32)12-13-29(16-27)24(30)23(15-34-3)28-26(33)35-14-22-20-10-6-4-8-18(20)19-9-5-7-11-21(19)22/h4-11,17,22-23H,12-16H2,1-3H3,(H,28,33)(H,31,32)/t23-,27?/m0/s1. The number of fused-ring (bicyclic) bond motifs is 3. The van der Waals surface area contributed by atoms with Gasteiger partial charge in [-0.2, -0.15) is 0 Å². The van der Waals surface area contributed by atoms with Gasteiger partial charge >= 0.3 is 12.1 Å². The number of amides is 2. The highest BCUT2D eigenvalue weighted by molar-refractivity contribution is 5.87. The molecule has 2 aromatic carbocycles. The largest absolute Gasteiger partial charge is 0.481 e. The Morgan fingerprint density at radius 1 is 1.09 bits per heavy atom. The van der Waals surface area contributed by atoms with Gasteiger partial charge in [0.1, 0.15) is 12.6 Å². The van der Waals surface area contributed by atoms with E-state index in [1.807, 2.05) is 50.2 Å². The number of hydrogen-bond donors (Lipinski definition) is 2. The summed E-state index contributed by atoms with van der Waals surface area (Å²) in [5.74, 6) is -1.50. The lowest BCUT2D eigenvalue weighted by molar-refractivity contribution is -0.151. The predicted molar refractivity (Wildman–Crippen MR) is 130 cm³/mol. The molecule has 35 heavy (non-hydrogen) atoms. The van der Waals surface area contributed by atoms with Crippen LogP contribution < -0.4 is 5.32 Å². The lowest BCUT2D eigenvalue weighted by Crippen LogP contribution is -2.51. The molecule has 1 unspecified atom stereocenters. The van der Waals surface area contributed by atoms with Crippen LogP contribution in [0.25, 0.3) is 11.1 Å². The number of rotatable bonds is 8. The van der Waals surface area contributed by atoms with Crippen LogP contribution in [0.1, 0.15) is 37.3 Å². The zero-order chi connectivity index (χ0) is 25.2. The van der Waals surface area contributed by atoms with Gasteiger partial charge in [-0.25, -0.2) is 4.79 Å². The van der Waals surface area contributed by atoms with Crippen LogP contribution in [0.2, 0.25) is 0 Å². The van der Waals surface area contributed by atoms with Crippen molar-refractivity contribution in [2.24, 2.45) is 11.3 Å². The number of carboxylic acids is 1. The molecule has 2 aromatic rings. The highest BCUT2D eigenvalue weighted by Crippen LogP contribution is 2.44. The Bertz CT molecular complexity index is 1070. The van der Waals surface area contributed by atoms with Crippen molar-refractivity contribution in [1.82, 2.24) is 10.2 Å². The summed E-state index contributed by atoms with van der Waals surface area (Å²) in [6, 6.07) is 15.1. The molecule has 1 heterocycles. The third kappa shape index (κ3) is 4.62. The molecule has 2 aliphatic rings. The third-order valence-electron chi connectivity index (χ3n) is 7.41. The molecular formula is C27H32N2O6. The van der Waals surface area contributed by atoms with E-state index in [4.69, 9.17) is 9.47 Å². The van der Waals surface area contributed by atoms with E-state index in [1.54, 1.807) is 0 Å². The van der Waals surface area contributed by atoms with Crippen molar-refractivity contribution in [3.05, 3.63) is 59.7 Å². The molecule has 1 aliphatic carbocycles. The van der Waals surface area contributed by atoms with E-state index in [0.29, 0.717) is 13.0 Å². The van der Waals surface area contributed by atoms with Gasteiger partial charge < -0.3 is 24.8 Å². The summed E-state index contributed by atoms with van der Waals surface area (Å²) in [7, 11) is 1.44. The van der Waals surface area contributed by atoms with Crippen LogP contribution in [0, 0.1) is 11.3 Å². The maximum absolute atomic E-state index is 13.2. The summed E-state index contributed by atoms with van der Waals surface area (Å²) in [6.45, 7) is 4.21. The van der Waals surface area contributed by atoms with Gasteiger partial charge in [-0.3, -0.25) is 9.59 Å². The van der Waals surface area contributed by atoms with Crippen molar-refractivity contribution in [2.75, 3.05) is 33.4 Å². The second kappa shape index (κ2) is 10.1. The molecule has 1 aliphatic heterocycles. The van der Waals surface area contributed by atoms with E-state index in [9.17, 15) is 19.5 Å². The number of likely N-dealkylation sites (tertiary alicyclic amines) is 1. The van der Waals surface area contributed by atoms with Crippen LogP contribution in [0.3, 0.4) is 0 Å². The predicted octanol–water partition coefficient (Wildman–Crippen LogP) is 3.50. The fraction of sp³-hybridized carbons (Fsp3) is 0.444. The van der Waals surface area contributed by atoms with E-state index in [-0.39, 0.29) is 37.5 Å². The number of nitrogens with zero attached hydrogens (tertiary/aromatic N) is 1. The van der Waals surface area contributed by atoms with Crippen LogP contribution in [0.4, 0.5) is 4.79 Å². The molecule has 1 fully saturated rings. The molecule has 0 radical (unpaired) electrons. The number of nitrogens with one attached hydrogen (secondary N) is 1. The normalized spacial score (nSPS) is 19.8. The second-order valence-corrected chi connectivity index (χ2v) is 9.60. The maximum Gasteiger partial charge on any atom is 0.407 e. The molecule has 2 amide bonds. The third-order valence-corrected chi connectivity index (χ3v) is 7.41. The quantitative estimate of drug-likeness (QED) is 0.599. The van der Waals surface area contributed by atoms with Crippen molar-refractivity contribution in [2.45, 2.75) is 32.2 Å². The minimum absolute atomic E-state index is 0.0404. The number of carbonyl (C=O) groups is 3. The Hall–Kier alpha value is -3.39. The van der Waals surface area contributed by atoms with Crippen molar-refractivity contribution < 1.29 is 29.0 Å². The summed E-state index contributed by atoms with van der Waals surface area (Å²) >= 11 is 0. The fourth-order valence-corrected chi connectivity index (χ4v) is 5.26. The molecule has 0 bridgehead atoms. The number of carboxylic acid groups (broad SMARTS) is 1. The van der Waals surface area contributed by atoms with Crippen molar-refractivity contribution in [1.29, 1.82) is 0 Å². The van der Waals surface area contributed by atoms with Gasteiger partial charge in [-0.1, -0.05) is 62.4 Å². The molecule has 0 spiro atoms. The van der Waals surface area contributed by atoms with Gasteiger partial charge in [0.2, 0.25) is 5.91 Å². The first-order valence-electron chi connectivity index (χ1n) is 11.9. The lowest BCUT2D eigenvalue weighted by atomic mass is 9.76. The molecule has 4 rings (SSSR count). The number of carbonyl (C=O) groups excluding carboxylic acids is 2. The van der Waals surface area contributed by atoms with Gasteiger partial charge in [0, 0.05) is 26.1 Å². The molecule has 186 valence electrons. The number of alkyl carbamates (subject to hydrolysis) is 1. The molecular weight excluding hydrogens is 448 g/mol. The Labute approximate surface area is 205 Å². The number of hydrogen-bond acceptors (Lipinski definition) is 5. The minimum atomic E-state index is -0.989. The number of ether oxygens (including phenoxy) is 2. The van der Waals surface area contributed by atoms with Crippen LogP contribution >= 0.6 is 0 Å². The first-order valence-corrected chi connectivity index (χ1v) is 11.9. The summed E-state index contributed by atoms with van der Waals surface area (Å²) in [5.41, 5.74) is 3.47. The summed E-state index contributed by atoms with van der Waals surface area (Å²) in [6.07, 6.45) is -0.342. The average molecular weight is 481 g/mol. The zero-order valence-electron chi connectivity index (χ0n) is 20.3. The minimum Gasteiger partial charge on any atom is -0.481 e. The molecule has 8 nitrogen and oxygen atoms in total. The Morgan fingerprint density at radius 2 is 1.69 bits per heavy atom. The molecule has 0 saturated carbocycles. The SMILES string of the molecule is COC[C@H](NC(=O)OCC1c2ccccc2-c2ccccc21)C(=O)N1CCC(C(=O)O)(C(C)C)C1. The molecule has 2 N–H and O–H groups in total. The van der Waals surface area contributed by atoms with Gasteiger partial charge in [0.05, 0.1) is 12.0 Å². The van der Waals surface area contributed by atoms with E-state index >= 15 is 0 Å². The topological polar surface area (TPSA) is 105 Å². The first-order chi connectivity index (χ1) is 16.8. The highest BCUT2D eigenvalue weighted by atomic mass is 16.5. The van der Waals surface area contributed by atoms with Gasteiger partial charge in [-0.15, -0.1) is 0 Å². The van der Waals surface area contributed by atoms with Gasteiger partial charge in [-0.05, 0) is 34.6 Å². The fourth-order valence-electron chi connectivity index (χ4n) is 5.26. The van der Waals surface area contributed by atoms with Crippen LogP contribution in [-0.2, 0) is 19.1 Å². The Kier molecular flexibility index (Phi) is 7.12. The second-order valence-electron chi connectivity index (χ2n) is 9.60. The zero-order valence-corrected chi connectivity index (χ0v) is 20.3. The van der Waals surface area contributed by atoms with Crippen molar-refractivity contribution in [3.8, 4) is 11.1 Å². The van der Waals surface area contributed by atoms with Crippen LogP contribution in [-0.4, -0.2) is 67.4 Å². The molecule has 0 aromatic heterocycles. The monoisotopic (exact) mass is 480 g/mol. The highest BCUT2D eigenvalue weighted by Gasteiger charge is 2.49. The van der Waals surface area contributed by atoms with Crippen LogP contribution in [0.5, 0.6) is 0 Å². The molecule has 1 saturated heterocycles. The van der Waals surface area contributed by atoms with E-state index in [1.165, 1.54) is 12.0 Å². The summed E-state index contributed by atoms with van der Waals surface area (Å²) in [5, 5.41) is 12.4. The smallest absolute Gasteiger partial charge is 0.407 e. The lowest BCUT2D eigenvalue weighted by Gasteiger charge is -2.30. The van der Waals surface area contributed by atoms with Gasteiger partial charge in [0.25, 0.3) is 0 Å². The van der Waals surface area contributed by atoms with E-state index in [0.717, 1.165) is 22.3 Å². The number of aliphatic carboxylic acids is 1. The molecule has 8 heteroatoms.